The number of hydrogen-bond acceptors (Lipinski definition) is 2. The van der Waals surface area contributed by atoms with E-state index in [1.807, 2.05) is 0 Å². The van der Waals surface area contributed by atoms with E-state index in [0.717, 1.165) is 6.07 Å². The average molecular weight is 292 g/mol. The molecular formula is C12H12F4N2O2. The fourth-order valence-corrected chi connectivity index (χ4v) is 1.40. The molecule has 4 nitrogen and oxygen atoms in total. The summed E-state index contributed by atoms with van der Waals surface area (Å²) in [4.78, 5) is 22.1. The Hall–Kier alpha value is -2.12. The average Bonchev–Trinajstić information content (AvgIpc) is 2.33. The highest BCUT2D eigenvalue weighted by Crippen LogP contribution is 2.31. The summed E-state index contributed by atoms with van der Waals surface area (Å²) in [6, 6.07) is 1.99. The molecule has 110 valence electrons. The lowest BCUT2D eigenvalue weighted by molar-refractivity contribution is -0.140. The first-order chi connectivity index (χ1) is 9.21. The lowest BCUT2D eigenvalue weighted by Crippen LogP contribution is -2.33. The molecule has 0 atom stereocenters. The molecule has 2 amide bonds. The van der Waals surface area contributed by atoms with Gasteiger partial charge in [-0.25, -0.2) is 4.39 Å². The maximum absolute atomic E-state index is 13.0. The van der Waals surface area contributed by atoms with Crippen molar-refractivity contribution in [3.05, 3.63) is 35.1 Å². The van der Waals surface area contributed by atoms with Gasteiger partial charge in [0.25, 0.3) is 5.91 Å². The molecule has 0 aliphatic rings. The predicted octanol–water partition coefficient (Wildman–Crippen LogP) is 1.71. The van der Waals surface area contributed by atoms with Crippen molar-refractivity contribution >= 4 is 11.8 Å². The Morgan fingerprint density at radius 1 is 1.15 bits per heavy atom. The number of hydrogen-bond donors (Lipinski definition) is 2. The fourth-order valence-electron chi connectivity index (χ4n) is 1.40. The number of benzene rings is 1. The first kappa shape index (κ1) is 15.9. The molecule has 0 aliphatic heterocycles. The van der Waals surface area contributed by atoms with Crippen LogP contribution < -0.4 is 10.6 Å². The van der Waals surface area contributed by atoms with E-state index in [0.29, 0.717) is 12.1 Å². The quantitative estimate of drug-likeness (QED) is 0.655. The summed E-state index contributed by atoms with van der Waals surface area (Å²) in [5.41, 5.74) is -1.80. The van der Waals surface area contributed by atoms with Gasteiger partial charge in [-0.15, -0.1) is 0 Å². The second kappa shape index (κ2) is 6.36. The Morgan fingerprint density at radius 2 is 1.75 bits per heavy atom. The Bertz CT molecular complexity index is 515. The minimum atomic E-state index is -4.86. The molecule has 20 heavy (non-hydrogen) atoms. The van der Waals surface area contributed by atoms with Crippen molar-refractivity contribution in [3.63, 3.8) is 0 Å². The van der Waals surface area contributed by atoms with Crippen molar-refractivity contribution in [1.82, 2.24) is 10.6 Å². The SMILES string of the molecule is CC(=O)NCCNC(=O)c1ccc(F)c(C(F)(F)F)c1. The Morgan fingerprint density at radius 3 is 2.30 bits per heavy atom. The van der Waals surface area contributed by atoms with Gasteiger partial charge in [-0.1, -0.05) is 0 Å². The minimum absolute atomic E-state index is 0.0527. The Kier molecular flexibility index (Phi) is 5.06. The molecule has 0 fully saturated rings. The molecule has 0 heterocycles. The third-order valence-corrected chi connectivity index (χ3v) is 2.32. The fraction of sp³-hybridized carbons (Fsp3) is 0.333. The standard InChI is InChI=1S/C12H12F4N2O2/c1-7(19)17-4-5-18-11(20)8-2-3-10(13)9(6-8)12(14,15)16/h2-3,6H,4-5H2,1H3,(H,17,19)(H,18,20). The molecule has 0 bridgehead atoms. The van der Waals surface area contributed by atoms with Crippen molar-refractivity contribution in [2.75, 3.05) is 13.1 Å². The highest BCUT2D eigenvalue weighted by molar-refractivity contribution is 5.94. The third-order valence-electron chi connectivity index (χ3n) is 2.32. The molecule has 1 aromatic carbocycles. The maximum Gasteiger partial charge on any atom is 0.419 e. The Labute approximate surface area is 112 Å². The van der Waals surface area contributed by atoms with Crippen LogP contribution in [0.2, 0.25) is 0 Å². The van der Waals surface area contributed by atoms with Crippen molar-refractivity contribution in [2.45, 2.75) is 13.1 Å². The number of amides is 2. The second-order valence-corrected chi connectivity index (χ2v) is 3.93. The van der Waals surface area contributed by atoms with E-state index < -0.39 is 23.5 Å². The van der Waals surface area contributed by atoms with Crippen molar-refractivity contribution in [1.29, 1.82) is 0 Å². The number of carbonyl (C=O) groups excluding carboxylic acids is 2. The van der Waals surface area contributed by atoms with Crippen LogP contribution in [0.1, 0.15) is 22.8 Å². The van der Waals surface area contributed by atoms with E-state index >= 15 is 0 Å². The summed E-state index contributed by atoms with van der Waals surface area (Å²) in [7, 11) is 0. The lowest BCUT2D eigenvalue weighted by atomic mass is 10.1. The summed E-state index contributed by atoms with van der Waals surface area (Å²) in [6.45, 7) is 1.49. The summed E-state index contributed by atoms with van der Waals surface area (Å²) in [5.74, 6) is -2.51. The van der Waals surface area contributed by atoms with Crippen molar-refractivity contribution < 1.29 is 27.2 Å². The van der Waals surface area contributed by atoms with Crippen molar-refractivity contribution in [3.8, 4) is 0 Å². The van der Waals surface area contributed by atoms with Gasteiger partial charge >= 0.3 is 6.18 Å². The zero-order valence-corrected chi connectivity index (χ0v) is 10.5. The number of rotatable bonds is 4. The number of halogens is 4. The monoisotopic (exact) mass is 292 g/mol. The van der Waals surface area contributed by atoms with Gasteiger partial charge < -0.3 is 10.6 Å². The van der Waals surface area contributed by atoms with Crippen LogP contribution in [0.3, 0.4) is 0 Å². The molecule has 0 spiro atoms. The molecule has 1 aromatic rings. The summed E-state index contributed by atoms with van der Waals surface area (Å²) in [5, 5.41) is 4.71. The van der Waals surface area contributed by atoms with Gasteiger partial charge in [-0.05, 0) is 18.2 Å². The summed E-state index contributed by atoms with van der Waals surface area (Å²) in [6.07, 6.45) is -4.86. The Balaban J connectivity index is 2.72. The predicted molar refractivity (Wildman–Crippen MR) is 62.4 cm³/mol. The molecule has 0 saturated heterocycles. The van der Waals surface area contributed by atoms with E-state index in [-0.39, 0.29) is 24.6 Å². The molecule has 0 aromatic heterocycles. The molecule has 0 radical (unpaired) electrons. The third kappa shape index (κ3) is 4.52. The largest absolute Gasteiger partial charge is 0.419 e. The molecule has 1 rings (SSSR count). The van der Waals surface area contributed by atoms with Gasteiger partial charge in [-0.3, -0.25) is 9.59 Å². The molecule has 0 saturated carbocycles. The molecule has 0 unspecified atom stereocenters. The van der Waals surface area contributed by atoms with Gasteiger partial charge in [0.15, 0.2) is 0 Å². The van der Waals surface area contributed by atoms with Crippen LogP contribution in [0.15, 0.2) is 18.2 Å². The zero-order valence-electron chi connectivity index (χ0n) is 10.5. The lowest BCUT2D eigenvalue weighted by Gasteiger charge is -2.10. The summed E-state index contributed by atoms with van der Waals surface area (Å²) < 4.78 is 50.4. The van der Waals surface area contributed by atoms with Gasteiger partial charge in [0.1, 0.15) is 5.82 Å². The normalized spacial score (nSPS) is 11.1. The van der Waals surface area contributed by atoms with Gasteiger partial charge in [0.05, 0.1) is 5.56 Å². The smallest absolute Gasteiger partial charge is 0.355 e. The zero-order chi connectivity index (χ0) is 15.3. The minimum Gasteiger partial charge on any atom is -0.355 e. The van der Waals surface area contributed by atoms with Crippen LogP contribution in [-0.2, 0) is 11.0 Å². The number of nitrogens with one attached hydrogen (secondary N) is 2. The van der Waals surface area contributed by atoms with Crippen LogP contribution in [0.5, 0.6) is 0 Å². The van der Waals surface area contributed by atoms with Crippen LogP contribution in [0, 0.1) is 5.82 Å². The summed E-state index contributed by atoms with van der Waals surface area (Å²) >= 11 is 0. The van der Waals surface area contributed by atoms with E-state index in [2.05, 4.69) is 10.6 Å². The van der Waals surface area contributed by atoms with Crippen LogP contribution in [0.25, 0.3) is 0 Å². The molecular weight excluding hydrogens is 280 g/mol. The molecule has 8 heteroatoms. The second-order valence-electron chi connectivity index (χ2n) is 3.93. The van der Waals surface area contributed by atoms with Gasteiger partial charge in [-0.2, -0.15) is 13.2 Å². The highest BCUT2D eigenvalue weighted by atomic mass is 19.4. The first-order valence-corrected chi connectivity index (χ1v) is 5.61. The van der Waals surface area contributed by atoms with Crippen LogP contribution >= 0.6 is 0 Å². The molecule has 0 aliphatic carbocycles. The topological polar surface area (TPSA) is 58.2 Å². The maximum atomic E-state index is 13.0. The molecule has 2 N–H and O–H groups in total. The van der Waals surface area contributed by atoms with Gasteiger partial charge in [0, 0.05) is 25.6 Å². The van der Waals surface area contributed by atoms with E-state index in [1.54, 1.807) is 0 Å². The number of carbonyl (C=O) groups is 2. The van der Waals surface area contributed by atoms with Crippen molar-refractivity contribution in [2.24, 2.45) is 0 Å². The van der Waals surface area contributed by atoms with E-state index in [4.69, 9.17) is 0 Å². The van der Waals surface area contributed by atoms with Crippen LogP contribution in [-0.4, -0.2) is 24.9 Å². The van der Waals surface area contributed by atoms with E-state index in [9.17, 15) is 27.2 Å². The first-order valence-electron chi connectivity index (χ1n) is 5.61. The number of alkyl halides is 3. The van der Waals surface area contributed by atoms with Gasteiger partial charge in [0.2, 0.25) is 5.91 Å². The highest BCUT2D eigenvalue weighted by Gasteiger charge is 2.34. The van der Waals surface area contributed by atoms with Crippen LogP contribution in [0.4, 0.5) is 17.6 Å². The van der Waals surface area contributed by atoms with E-state index in [1.165, 1.54) is 6.92 Å².